The number of nitrogens with zero attached hydrogens (tertiary/aromatic N) is 3. The summed E-state index contributed by atoms with van der Waals surface area (Å²) in [6.45, 7) is 5.54. The van der Waals surface area contributed by atoms with Gasteiger partial charge in [-0.15, -0.1) is 0 Å². The first-order chi connectivity index (χ1) is 9.93. The molecule has 1 N–H and O–H groups in total. The Morgan fingerprint density at radius 1 is 1.48 bits per heavy atom. The Balaban J connectivity index is 2.31. The van der Waals surface area contributed by atoms with E-state index in [0.29, 0.717) is 30.7 Å². The second kappa shape index (κ2) is 6.07. The predicted octanol–water partition coefficient (Wildman–Crippen LogP) is 2.15. The Labute approximate surface area is 123 Å². The van der Waals surface area contributed by atoms with Gasteiger partial charge in [-0.3, -0.25) is 14.9 Å². The zero-order chi connectivity index (χ0) is 15.6. The molecule has 7 heteroatoms. The van der Waals surface area contributed by atoms with Crippen LogP contribution in [0, 0.1) is 22.0 Å². The molecule has 0 spiro atoms. The zero-order valence-electron chi connectivity index (χ0n) is 12.5. The molecule has 2 rings (SSSR count). The number of anilines is 1. The molecule has 21 heavy (non-hydrogen) atoms. The number of nitrogens with one attached hydrogen (secondary N) is 1. The Hall–Kier alpha value is -2.18. The van der Waals surface area contributed by atoms with E-state index < -0.39 is 4.92 Å². The first kappa shape index (κ1) is 15.2. The number of aromatic nitrogens is 1. The second-order valence-corrected chi connectivity index (χ2v) is 5.59. The molecule has 2 unspecified atom stereocenters. The summed E-state index contributed by atoms with van der Waals surface area (Å²) >= 11 is 0. The number of pyridine rings is 1. The number of rotatable bonds is 3. The van der Waals surface area contributed by atoms with Gasteiger partial charge in [-0.2, -0.15) is 0 Å². The summed E-state index contributed by atoms with van der Waals surface area (Å²) in [7, 11) is 1.66. The third-order valence-electron chi connectivity index (χ3n) is 4.19. The standard InChI is InChI=1S/C14H20N4O3/c1-9-4-5-17(8-10(9)2)14(19)11-6-13(15-3)16-7-12(11)18(20)21/h6-7,9-10H,4-5,8H2,1-3H3,(H,15,16). The van der Waals surface area contributed by atoms with Gasteiger partial charge in [0.15, 0.2) is 0 Å². The second-order valence-electron chi connectivity index (χ2n) is 5.59. The molecule has 7 nitrogen and oxygen atoms in total. The lowest BCUT2D eigenvalue weighted by Crippen LogP contribution is -2.42. The monoisotopic (exact) mass is 292 g/mol. The molecule has 2 heterocycles. The van der Waals surface area contributed by atoms with Crippen molar-refractivity contribution in [3.8, 4) is 0 Å². The lowest BCUT2D eigenvalue weighted by molar-refractivity contribution is -0.385. The summed E-state index contributed by atoms with van der Waals surface area (Å²) in [5.74, 6) is 1.11. The highest BCUT2D eigenvalue weighted by Crippen LogP contribution is 2.27. The van der Waals surface area contributed by atoms with Gasteiger partial charge in [0.1, 0.15) is 17.6 Å². The van der Waals surface area contributed by atoms with E-state index in [1.54, 1.807) is 11.9 Å². The highest BCUT2D eigenvalue weighted by atomic mass is 16.6. The van der Waals surface area contributed by atoms with Crippen LogP contribution in [0.4, 0.5) is 11.5 Å². The molecule has 1 aromatic rings. The van der Waals surface area contributed by atoms with E-state index in [1.165, 1.54) is 6.07 Å². The molecule has 0 aliphatic carbocycles. The van der Waals surface area contributed by atoms with Crippen molar-refractivity contribution in [2.24, 2.45) is 11.8 Å². The summed E-state index contributed by atoms with van der Waals surface area (Å²) in [5, 5.41) is 13.9. The minimum atomic E-state index is -0.560. The van der Waals surface area contributed by atoms with Crippen molar-refractivity contribution in [1.82, 2.24) is 9.88 Å². The van der Waals surface area contributed by atoms with E-state index in [-0.39, 0.29) is 17.2 Å². The van der Waals surface area contributed by atoms with E-state index >= 15 is 0 Å². The van der Waals surface area contributed by atoms with Crippen molar-refractivity contribution in [2.45, 2.75) is 20.3 Å². The third-order valence-corrected chi connectivity index (χ3v) is 4.19. The summed E-state index contributed by atoms with van der Waals surface area (Å²) in [5.41, 5.74) is -0.147. The Bertz CT molecular complexity index is 561. The Morgan fingerprint density at radius 2 is 2.19 bits per heavy atom. The summed E-state index contributed by atoms with van der Waals surface area (Å²) in [6, 6.07) is 1.45. The van der Waals surface area contributed by atoms with E-state index in [0.717, 1.165) is 12.6 Å². The topological polar surface area (TPSA) is 88.4 Å². The van der Waals surface area contributed by atoms with E-state index in [9.17, 15) is 14.9 Å². The van der Waals surface area contributed by atoms with Gasteiger partial charge < -0.3 is 10.2 Å². The average molecular weight is 292 g/mol. The van der Waals surface area contributed by atoms with Crippen molar-refractivity contribution in [2.75, 3.05) is 25.5 Å². The van der Waals surface area contributed by atoms with E-state index in [1.807, 2.05) is 0 Å². The molecule has 114 valence electrons. The number of hydrogen-bond donors (Lipinski definition) is 1. The number of carbonyl (C=O) groups is 1. The van der Waals surface area contributed by atoms with Crippen molar-refractivity contribution in [1.29, 1.82) is 0 Å². The zero-order valence-corrected chi connectivity index (χ0v) is 12.5. The van der Waals surface area contributed by atoms with Crippen molar-refractivity contribution < 1.29 is 9.72 Å². The van der Waals surface area contributed by atoms with Gasteiger partial charge in [0, 0.05) is 26.2 Å². The largest absolute Gasteiger partial charge is 0.373 e. The van der Waals surface area contributed by atoms with Gasteiger partial charge in [0.25, 0.3) is 11.6 Å². The van der Waals surface area contributed by atoms with Crippen molar-refractivity contribution >= 4 is 17.4 Å². The van der Waals surface area contributed by atoms with Crippen LogP contribution in [-0.4, -0.2) is 40.9 Å². The van der Waals surface area contributed by atoms with Crippen molar-refractivity contribution in [3.05, 3.63) is 27.9 Å². The summed E-state index contributed by atoms with van der Waals surface area (Å²) < 4.78 is 0. The molecule has 1 aromatic heterocycles. The smallest absolute Gasteiger partial charge is 0.300 e. The average Bonchev–Trinajstić information content (AvgIpc) is 2.48. The molecular formula is C14H20N4O3. The normalized spacial score (nSPS) is 22.0. The molecule has 1 aliphatic rings. The Morgan fingerprint density at radius 3 is 2.76 bits per heavy atom. The molecular weight excluding hydrogens is 272 g/mol. The summed E-state index contributed by atoms with van der Waals surface area (Å²) in [4.78, 5) is 28.8. The van der Waals surface area contributed by atoms with Crippen LogP contribution in [0.3, 0.4) is 0 Å². The molecule has 0 saturated carbocycles. The fourth-order valence-electron chi connectivity index (χ4n) is 2.52. The van der Waals surface area contributed by atoms with Gasteiger partial charge in [0.2, 0.25) is 0 Å². The molecule has 0 radical (unpaired) electrons. The molecule has 1 fully saturated rings. The van der Waals surface area contributed by atoms with Crippen LogP contribution in [0.5, 0.6) is 0 Å². The number of amides is 1. The minimum Gasteiger partial charge on any atom is -0.373 e. The maximum atomic E-state index is 12.6. The van der Waals surface area contributed by atoms with Crippen LogP contribution in [0.2, 0.25) is 0 Å². The van der Waals surface area contributed by atoms with Crippen LogP contribution < -0.4 is 5.32 Å². The minimum absolute atomic E-state index is 0.0982. The van der Waals surface area contributed by atoms with Crippen LogP contribution in [0.25, 0.3) is 0 Å². The van der Waals surface area contributed by atoms with Crippen LogP contribution in [-0.2, 0) is 0 Å². The van der Waals surface area contributed by atoms with Crippen LogP contribution >= 0.6 is 0 Å². The van der Waals surface area contributed by atoms with Gasteiger partial charge in [-0.1, -0.05) is 13.8 Å². The number of carbonyl (C=O) groups excluding carboxylic acids is 1. The molecule has 0 aromatic carbocycles. The molecule has 1 aliphatic heterocycles. The molecule has 0 bridgehead atoms. The number of likely N-dealkylation sites (tertiary alicyclic amines) is 1. The number of piperidine rings is 1. The van der Waals surface area contributed by atoms with Gasteiger partial charge in [-0.25, -0.2) is 4.98 Å². The quantitative estimate of drug-likeness (QED) is 0.681. The van der Waals surface area contributed by atoms with E-state index in [4.69, 9.17) is 0 Å². The van der Waals surface area contributed by atoms with Crippen LogP contribution in [0.15, 0.2) is 12.3 Å². The lowest BCUT2D eigenvalue weighted by atomic mass is 9.88. The first-order valence-corrected chi connectivity index (χ1v) is 7.05. The highest BCUT2D eigenvalue weighted by molar-refractivity contribution is 5.98. The van der Waals surface area contributed by atoms with Gasteiger partial charge in [-0.05, 0) is 18.3 Å². The fourth-order valence-corrected chi connectivity index (χ4v) is 2.52. The SMILES string of the molecule is CNc1cc(C(=O)N2CCC(C)C(C)C2)c([N+](=O)[O-])cn1. The number of nitro groups is 1. The fraction of sp³-hybridized carbons (Fsp3) is 0.571. The number of hydrogen-bond acceptors (Lipinski definition) is 5. The van der Waals surface area contributed by atoms with Crippen molar-refractivity contribution in [3.63, 3.8) is 0 Å². The summed E-state index contributed by atoms with van der Waals surface area (Å²) in [6.07, 6.45) is 2.06. The predicted molar refractivity (Wildman–Crippen MR) is 79.3 cm³/mol. The lowest BCUT2D eigenvalue weighted by Gasteiger charge is -2.35. The van der Waals surface area contributed by atoms with Gasteiger partial charge >= 0.3 is 0 Å². The third kappa shape index (κ3) is 3.12. The van der Waals surface area contributed by atoms with Crippen LogP contribution in [0.1, 0.15) is 30.6 Å². The highest BCUT2D eigenvalue weighted by Gasteiger charge is 2.30. The maximum absolute atomic E-state index is 12.6. The molecule has 2 atom stereocenters. The maximum Gasteiger partial charge on any atom is 0.300 e. The molecule has 1 saturated heterocycles. The van der Waals surface area contributed by atoms with Gasteiger partial charge in [0.05, 0.1) is 4.92 Å². The molecule has 1 amide bonds. The van der Waals surface area contributed by atoms with E-state index in [2.05, 4.69) is 24.1 Å². The first-order valence-electron chi connectivity index (χ1n) is 7.05. The Kier molecular flexibility index (Phi) is 4.40.